The Labute approximate surface area is 157 Å². The number of ether oxygens (including phenoxy) is 2. The molecular formula is C17H15F2N3O6. The highest BCUT2D eigenvalue weighted by Crippen LogP contribution is 2.31. The first-order chi connectivity index (χ1) is 13.3. The second-order valence-electron chi connectivity index (χ2n) is 5.28. The molecule has 28 heavy (non-hydrogen) atoms. The van der Waals surface area contributed by atoms with E-state index in [4.69, 9.17) is 4.74 Å². The van der Waals surface area contributed by atoms with E-state index in [0.717, 1.165) is 12.1 Å². The molecule has 9 nitrogen and oxygen atoms in total. The summed E-state index contributed by atoms with van der Waals surface area (Å²) in [5.74, 6) is -1.55. The number of halogens is 2. The molecule has 2 aromatic rings. The van der Waals surface area contributed by atoms with Crippen LogP contribution < -0.4 is 20.1 Å². The number of hydrogen-bond donors (Lipinski definition) is 2. The van der Waals surface area contributed by atoms with E-state index in [-0.39, 0.29) is 28.4 Å². The molecule has 0 aromatic heterocycles. The van der Waals surface area contributed by atoms with Gasteiger partial charge in [-0.25, -0.2) is 0 Å². The number of non-ortho nitro benzene ring substituents is 1. The van der Waals surface area contributed by atoms with E-state index < -0.39 is 29.9 Å². The van der Waals surface area contributed by atoms with Crippen LogP contribution in [0.2, 0.25) is 0 Å². The van der Waals surface area contributed by atoms with Gasteiger partial charge in [0, 0.05) is 29.4 Å². The Kier molecular flexibility index (Phi) is 6.79. The van der Waals surface area contributed by atoms with Crippen LogP contribution in [-0.4, -0.2) is 37.0 Å². The summed E-state index contributed by atoms with van der Waals surface area (Å²) < 4.78 is 34.0. The van der Waals surface area contributed by atoms with Gasteiger partial charge in [-0.1, -0.05) is 6.07 Å². The minimum atomic E-state index is -3.07. The van der Waals surface area contributed by atoms with Crippen LogP contribution in [-0.2, 0) is 4.79 Å². The molecule has 0 aliphatic rings. The maximum Gasteiger partial charge on any atom is 0.387 e. The zero-order chi connectivity index (χ0) is 20.7. The highest BCUT2D eigenvalue weighted by atomic mass is 19.3. The molecule has 0 heterocycles. The number of amides is 2. The molecule has 0 unspecified atom stereocenters. The van der Waals surface area contributed by atoms with Crippen molar-refractivity contribution in [2.24, 2.45) is 0 Å². The normalized spacial score (nSPS) is 10.3. The Morgan fingerprint density at radius 1 is 1.18 bits per heavy atom. The summed E-state index contributed by atoms with van der Waals surface area (Å²) in [4.78, 5) is 34.0. The molecule has 0 radical (unpaired) electrons. The Hall–Kier alpha value is -3.76. The van der Waals surface area contributed by atoms with Crippen molar-refractivity contribution < 1.29 is 32.8 Å². The number of benzene rings is 2. The number of nitro groups is 1. The Balaban J connectivity index is 1.98. The molecule has 0 saturated heterocycles. The van der Waals surface area contributed by atoms with Crippen molar-refractivity contribution in [3.63, 3.8) is 0 Å². The molecule has 0 aliphatic heterocycles. The van der Waals surface area contributed by atoms with Crippen LogP contribution in [0.5, 0.6) is 11.5 Å². The Morgan fingerprint density at radius 3 is 2.57 bits per heavy atom. The fraction of sp³-hybridized carbons (Fsp3) is 0.176. The predicted molar refractivity (Wildman–Crippen MR) is 93.7 cm³/mol. The van der Waals surface area contributed by atoms with Crippen molar-refractivity contribution in [1.82, 2.24) is 5.32 Å². The lowest BCUT2D eigenvalue weighted by Gasteiger charge is -2.12. The minimum absolute atomic E-state index is 0.0130. The van der Waals surface area contributed by atoms with Crippen LogP contribution >= 0.6 is 0 Å². The fourth-order valence-electron chi connectivity index (χ4n) is 2.17. The summed E-state index contributed by atoms with van der Waals surface area (Å²) in [6.45, 7) is -3.52. The highest BCUT2D eigenvalue weighted by molar-refractivity contribution is 5.99. The number of alkyl halides is 2. The van der Waals surface area contributed by atoms with Gasteiger partial charge in [-0.3, -0.25) is 19.7 Å². The zero-order valence-electron chi connectivity index (χ0n) is 14.5. The summed E-state index contributed by atoms with van der Waals surface area (Å²) in [7, 11) is 1.27. The van der Waals surface area contributed by atoms with Crippen molar-refractivity contribution >= 4 is 23.2 Å². The van der Waals surface area contributed by atoms with E-state index in [0.29, 0.717) is 0 Å². The minimum Gasteiger partial charge on any atom is -0.493 e. The average Bonchev–Trinajstić information content (AvgIpc) is 2.66. The molecule has 0 aliphatic carbocycles. The summed E-state index contributed by atoms with van der Waals surface area (Å²) in [5.41, 5.74) is -0.105. The fourth-order valence-corrected chi connectivity index (χ4v) is 2.17. The summed E-state index contributed by atoms with van der Waals surface area (Å²) in [6.07, 6.45) is 0. The first kappa shape index (κ1) is 20.6. The van der Waals surface area contributed by atoms with Crippen LogP contribution in [0.25, 0.3) is 0 Å². The number of nitrogens with one attached hydrogen (secondary N) is 2. The van der Waals surface area contributed by atoms with Gasteiger partial charge < -0.3 is 20.1 Å². The van der Waals surface area contributed by atoms with Crippen molar-refractivity contribution in [2.45, 2.75) is 6.61 Å². The Bertz CT molecular complexity index is 891. The SMILES string of the molecule is COc1ccc(NC(=O)CNC(=O)c2cccc([N+](=O)[O-])c2)cc1OC(F)F. The van der Waals surface area contributed by atoms with E-state index in [2.05, 4.69) is 15.4 Å². The number of carbonyl (C=O) groups is 2. The van der Waals surface area contributed by atoms with Gasteiger partial charge >= 0.3 is 6.61 Å². The lowest BCUT2D eigenvalue weighted by molar-refractivity contribution is -0.384. The summed E-state index contributed by atoms with van der Waals surface area (Å²) in [6, 6.07) is 8.88. The smallest absolute Gasteiger partial charge is 0.387 e. The van der Waals surface area contributed by atoms with Gasteiger partial charge in [0.15, 0.2) is 11.5 Å². The van der Waals surface area contributed by atoms with E-state index in [1.807, 2.05) is 0 Å². The molecule has 148 valence electrons. The number of nitrogens with zero attached hydrogens (tertiary/aromatic N) is 1. The molecule has 0 bridgehead atoms. The summed E-state index contributed by atoms with van der Waals surface area (Å²) >= 11 is 0. The highest BCUT2D eigenvalue weighted by Gasteiger charge is 2.14. The maximum atomic E-state index is 12.4. The van der Waals surface area contributed by atoms with Gasteiger partial charge in [0.2, 0.25) is 5.91 Å². The first-order valence-corrected chi connectivity index (χ1v) is 7.75. The molecule has 2 aromatic carbocycles. The quantitative estimate of drug-likeness (QED) is 0.524. The number of rotatable bonds is 8. The van der Waals surface area contributed by atoms with Crippen molar-refractivity contribution in [3.05, 3.63) is 58.1 Å². The number of nitro benzene ring substituents is 1. The standard InChI is InChI=1S/C17H15F2N3O6/c1-27-13-6-5-11(8-14(13)28-17(18)19)21-15(23)9-20-16(24)10-3-2-4-12(7-10)22(25)26/h2-8,17H,9H2,1H3,(H,20,24)(H,21,23). The molecular weight excluding hydrogens is 380 g/mol. The van der Waals surface area contributed by atoms with E-state index in [1.54, 1.807) is 0 Å². The Morgan fingerprint density at radius 2 is 1.93 bits per heavy atom. The molecule has 2 rings (SSSR count). The number of hydrogen-bond acceptors (Lipinski definition) is 6. The third-order valence-electron chi connectivity index (χ3n) is 3.39. The van der Waals surface area contributed by atoms with Crippen LogP contribution in [0.4, 0.5) is 20.2 Å². The zero-order valence-corrected chi connectivity index (χ0v) is 14.5. The second kappa shape index (κ2) is 9.26. The molecule has 2 N–H and O–H groups in total. The van der Waals surface area contributed by atoms with E-state index >= 15 is 0 Å². The van der Waals surface area contributed by atoms with Crippen molar-refractivity contribution in [1.29, 1.82) is 0 Å². The topological polar surface area (TPSA) is 120 Å². The summed E-state index contributed by atoms with van der Waals surface area (Å²) in [5, 5.41) is 15.4. The average molecular weight is 395 g/mol. The number of anilines is 1. The first-order valence-electron chi connectivity index (χ1n) is 7.75. The lowest BCUT2D eigenvalue weighted by Crippen LogP contribution is -2.32. The monoisotopic (exact) mass is 395 g/mol. The van der Waals surface area contributed by atoms with Crippen molar-refractivity contribution in [3.8, 4) is 11.5 Å². The lowest BCUT2D eigenvalue weighted by atomic mass is 10.2. The maximum absolute atomic E-state index is 12.4. The second-order valence-corrected chi connectivity index (χ2v) is 5.28. The van der Waals surface area contributed by atoms with Gasteiger partial charge in [-0.15, -0.1) is 0 Å². The molecule has 0 fully saturated rings. The van der Waals surface area contributed by atoms with E-state index in [9.17, 15) is 28.5 Å². The van der Waals surface area contributed by atoms with Gasteiger partial charge in [0.25, 0.3) is 11.6 Å². The molecule has 0 saturated carbocycles. The van der Waals surface area contributed by atoms with E-state index in [1.165, 1.54) is 37.4 Å². The number of methoxy groups -OCH3 is 1. The molecule has 0 atom stereocenters. The molecule has 0 spiro atoms. The van der Waals surface area contributed by atoms with Crippen LogP contribution in [0, 0.1) is 10.1 Å². The van der Waals surface area contributed by atoms with Gasteiger partial charge in [-0.2, -0.15) is 8.78 Å². The largest absolute Gasteiger partial charge is 0.493 e. The van der Waals surface area contributed by atoms with Gasteiger partial charge in [-0.05, 0) is 18.2 Å². The van der Waals surface area contributed by atoms with Gasteiger partial charge in [0.1, 0.15) is 0 Å². The molecule has 11 heteroatoms. The number of carbonyl (C=O) groups excluding carboxylic acids is 2. The van der Waals surface area contributed by atoms with Gasteiger partial charge in [0.05, 0.1) is 18.6 Å². The van der Waals surface area contributed by atoms with Crippen LogP contribution in [0.15, 0.2) is 42.5 Å². The van der Waals surface area contributed by atoms with Crippen molar-refractivity contribution in [2.75, 3.05) is 19.0 Å². The van der Waals surface area contributed by atoms with Crippen LogP contribution in [0.3, 0.4) is 0 Å². The van der Waals surface area contributed by atoms with Crippen LogP contribution in [0.1, 0.15) is 10.4 Å². The molecule has 2 amide bonds. The third kappa shape index (κ3) is 5.62. The third-order valence-corrected chi connectivity index (χ3v) is 3.39. The predicted octanol–water partition coefficient (Wildman–Crippen LogP) is 2.57.